The molecule has 0 aliphatic rings. The van der Waals surface area contributed by atoms with Crippen LogP contribution in [0.4, 0.5) is 0 Å². The molecule has 22 heavy (non-hydrogen) atoms. The second kappa shape index (κ2) is 5.93. The molecule has 2 aromatic carbocycles. The van der Waals surface area contributed by atoms with E-state index in [9.17, 15) is 13.2 Å². The lowest BCUT2D eigenvalue weighted by atomic mass is 10.0. The maximum atomic E-state index is 12.3. The number of carbonyl (C=O) groups is 1. The smallest absolute Gasteiger partial charge is 0.265 e. The molecule has 2 aromatic rings. The molecule has 1 amide bonds. The average molecular weight is 317 g/mol. The first-order chi connectivity index (χ1) is 10.2. The minimum atomic E-state index is -3.88. The fraction of sp³-hybridized carbons (Fsp3) is 0.235. The Balaban J connectivity index is 2.34. The summed E-state index contributed by atoms with van der Waals surface area (Å²) in [7, 11) is -3.88. The van der Waals surface area contributed by atoms with Gasteiger partial charge in [0.2, 0.25) is 0 Å². The van der Waals surface area contributed by atoms with E-state index < -0.39 is 15.9 Å². The number of hydrogen-bond acceptors (Lipinski definition) is 3. The third-order valence-electron chi connectivity index (χ3n) is 3.86. The van der Waals surface area contributed by atoms with Gasteiger partial charge in [-0.3, -0.25) is 4.79 Å². The molecule has 5 heteroatoms. The Morgan fingerprint density at radius 1 is 0.909 bits per heavy atom. The number of benzene rings is 2. The highest BCUT2D eigenvalue weighted by Crippen LogP contribution is 2.17. The summed E-state index contributed by atoms with van der Waals surface area (Å²) in [6.07, 6.45) is 0. The third kappa shape index (κ3) is 3.20. The molecule has 0 spiro atoms. The van der Waals surface area contributed by atoms with Crippen LogP contribution < -0.4 is 4.72 Å². The van der Waals surface area contributed by atoms with E-state index in [0.29, 0.717) is 5.56 Å². The topological polar surface area (TPSA) is 63.2 Å². The Hall–Kier alpha value is -2.14. The fourth-order valence-electron chi connectivity index (χ4n) is 2.11. The van der Waals surface area contributed by atoms with E-state index in [-0.39, 0.29) is 4.90 Å². The second-order valence-electron chi connectivity index (χ2n) is 5.43. The van der Waals surface area contributed by atoms with Gasteiger partial charge in [-0.05, 0) is 68.1 Å². The van der Waals surface area contributed by atoms with E-state index in [1.165, 1.54) is 6.07 Å². The van der Waals surface area contributed by atoms with E-state index in [1.54, 1.807) is 31.2 Å². The molecule has 0 unspecified atom stereocenters. The van der Waals surface area contributed by atoms with Crippen LogP contribution in [-0.2, 0) is 10.0 Å². The molecule has 0 saturated heterocycles. The van der Waals surface area contributed by atoms with Crippen molar-refractivity contribution in [2.24, 2.45) is 0 Å². The van der Waals surface area contributed by atoms with Gasteiger partial charge in [-0.15, -0.1) is 0 Å². The molecule has 0 heterocycles. The zero-order chi connectivity index (χ0) is 16.5. The Labute approximate surface area is 131 Å². The Morgan fingerprint density at radius 3 is 2.23 bits per heavy atom. The van der Waals surface area contributed by atoms with Crippen LogP contribution >= 0.6 is 0 Å². The van der Waals surface area contributed by atoms with Crippen LogP contribution in [-0.4, -0.2) is 14.3 Å². The van der Waals surface area contributed by atoms with Gasteiger partial charge < -0.3 is 0 Å². The minimum absolute atomic E-state index is 0.0919. The van der Waals surface area contributed by atoms with Gasteiger partial charge in [-0.25, -0.2) is 13.1 Å². The molecule has 0 fully saturated rings. The van der Waals surface area contributed by atoms with E-state index in [1.807, 2.05) is 26.8 Å². The number of amides is 1. The number of aryl methyl sites for hydroxylation is 3. The van der Waals surface area contributed by atoms with Crippen molar-refractivity contribution in [2.45, 2.75) is 32.6 Å². The predicted octanol–water partition coefficient (Wildman–Crippen LogP) is 3.04. The molecule has 0 bridgehead atoms. The Kier molecular flexibility index (Phi) is 4.37. The molecule has 0 atom stereocenters. The number of carbonyl (C=O) groups excluding carboxylic acids is 1. The highest BCUT2D eigenvalue weighted by atomic mass is 32.2. The van der Waals surface area contributed by atoms with Crippen LogP contribution in [0, 0.1) is 27.7 Å². The van der Waals surface area contributed by atoms with Crippen LogP contribution in [0.15, 0.2) is 41.3 Å². The first-order valence-corrected chi connectivity index (χ1v) is 8.41. The van der Waals surface area contributed by atoms with Crippen molar-refractivity contribution >= 4 is 15.9 Å². The number of rotatable bonds is 3. The molecule has 0 aliphatic heterocycles. The normalized spacial score (nSPS) is 11.3. The Bertz CT molecular complexity index is 839. The summed E-state index contributed by atoms with van der Waals surface area (Å²) >= 11 is 0. The maximum absolute atomic E-state index is 12.3. The van der Waals surface area contributed by atoms with Crippen LogP contribution in [0.25, 0.3) is 0 Å². The minimum Gasteiger partial charge on any atom is -0.268 e. The van der Waals surface area contributed by atoms with Crippen molar-refractivity contribution in [1.29, 1.82) is 0 Å². The molecule has 0 aromatic heterocycles. The molecule has 1 N–H and O–H groups in total. The van der Waals surface area contributed by atoms with Crippen LogP contribution in [0.5, 0.6) is 0 Å². The van der Waals surface area contributed by atoms with Gasteiger partial charge in [0.05, 0.1) is 4.90 Å². The van der Waals surface area contributed by atoms with Gasteiger partial charge in [0, 0.05) is 5.56 Å². The quantitative estimate of drug-likeness (QED) is 0.946. The van der Waals surface area contributed by atoms with Gasteiger partial charge in [-0.2, -0.15) is 0 Å². The monoisotopic (exact) mass is 317 g/mol. The molecule has 0 saturated carbocycles. The molecule has 2 rings (SSSR count). The number of hydrogen-bond donors (Lipinski definition) is 1. The van der Waals surface area contributed by atoms with Crippen LogP contribution in [0.2, 0.25) is 0 Å². The first-order valence-electron chi connectivity index (χ1n) is 6.93. The second-order valence-corrected chi connectivity index (χ2v) is 7.11. The van der Waals surface area contributed by atoms with Gasteiger partial charge in [-0.1, -0.05) is 18.2 Å². The molecule has 0 radical (unpaired) electrons. The highest BCUT2D eigenvalue weighted by Gasteiger charge is 2.20. The zero-order valence-corrected chi connectivity index (χ0v) is 13.9. The molecular weight excluding hydrogens is 298 g/mol. The van der Waals surface area contributed by atoms with Crippen LogP contribution in [0.1, 0.15) is 32.6 Å². The molecular formula is C17H19NO3S. The first kappa shape index (κ1) is 16.2. The van der Waals surface area contributed by atoms with E-state index in [2.05, 4.69) is 4.72 Å². The summed E-state index contributed by atoms with van der Waals surface area (Å²) in [5.74, 6) is -0.612. The molecule has 4 nitrogen and oxygen atoms in total. The van der Waals surface area contributed by atoms with Crippen molar-refractivity contribution in [2.75, 3.05) is 0 Å². The largest absolute Gasteiger partial charge is 0.268 e. The van der Waals surface area contributed by atoms with Crippen molar-refractivity contribution in [3.8, 4) is 0 Å². The summed E-state index contributed by atoms with van der Waals surface area (Å²) in [6.45, 7) is 7.41. The van der Waals surface area contributed by atoms with E-state index in [0.717, 1.165) is 22.3 Å². The van der Waals surface area contributed by atoms with Gasteiger partial charge in [0.25, 0.3) is 15.9 Å². The summed E-state index contributed by atoms with van der Waals surface area (Å²) in [5, 5.41) is 0. The fourth-order valence-corrected chi connectivity index (χ4v) is 3.17. The van der Waals surface area contributed by atoms with Crippen molar-refractivity contribution in [3.05, 3.63) is 64.2 Å². The standard InChI is InChI=1S/C17H19NO3S/c1-11-8-9-15(10-13(11)3)22(20,21)18-17(19)16-7-5-6-12(2)14(16)4/h5-10H,1-4H3,(H,18,19). The predicted molar refractivity (Wildman–Crippen MR) is 86.5 cm³/mol. The number of nitrogens with one attached hydrogen (secondary N) is 1. The molecule has 0 aliphatic carbocycles. The lowest BCUT2D eigenvalue weighted by Crippen LogP contribution is -2.31. The molecule has 116 valence electrons. The van der Waals surface area contributed by atoms with Crippen molar-refractivity contribution < 1.29 is 13.2 Å². The number of sulfonamides is 1. The summed E-state index contributed by atoms with van der Waals surface area (Å²) in [6, 6.07) is 10.0. The van der Waals surface area contributed by atoms with Crippen molar-refractivity contribution in [3.63, 3.8) is 0 Å². The maximum Gasteiger partial charge on any atom is 0.265 e. The summed E-state index contributed by atoms with van der Waals surface area (Å²) < 4.78 is 26.8. The summed E-state index contributed by atoms with van der Waals surface area (Å²) in [4.78, 5) is 12.4. The van der Waals surface area contributed by atoms with E-state index in [4.69, 9.17) is 0 Å². The lowest BCUT2D eigenvalue weighted by molar-refractivity contribution is 0.0980. The summed E-state index contributed by atoms with van der Waals surface area (Å²) in [5.41, 5.74) is 3.95. The highest BCUT2D eigenvalue weighted by molar-refractivity contribution is 7.90. The van der Waals surface area contributed by atoms with Gasteiger partial charge in [0.15, 0.2) is 0 Å². The zero-order valence-electron chi connectivity index (χ0n) is 13.1. The SMILES string of the molecule is Cc1ccc(S(=O)(=O)NC(=O)c2cccc(C)c2C)cc1C. The van der Waals surface area contributed by atoms with Gasteiger partial charge in [0.1, 0.15) is 0 Å². The van der Waals surface area contributed by atoms with Gasteiger partial charge >= 0.3 is 0 Å². The average Bonchev–Trinajstić information content (AvgIpc) is 2.44. The lowest BCUT2D eigenvalue weighted by Gasteiger charge is -2.11. The Morgan fingerprint density at radius 2 is 1.59 bits per heavy atom. The van der Waals surface area contributed by atoms with Crippen LogP contribution in [0.3, 0.4) is 0 Å². The van der Waals surface area contributed by atoms with Crippen molar-refractivity contribution in [1.82, 2.24) is 4.72 Å². The van der Waals surface area contributed by atoms with E-state index >= 15 is 0 Å². The third-order valence-corrected chi connectivity index (χ3v) is 5.19.